The van der Waals surface area contributed by atoms with Crippen molar-refractivity contribution in [1.82, 2.24) is 15.5 Å². The van der Waals surface area contributed by atoms with Crippen LogP contribution in [0.1, 0.15) is 23.2 Å². The second kappa shape index (κ2) is 5.05. The van der Waals surface area contributed by atoms with Gasteiger partial charge in [-0.1, -0.05) is 0 Å². The third-order valence-electron chi connectivity index (χ3n) is 2.82. The number of piperidine rings is 1. The molecule has 2 heterocycles. The highest BCUT2D eigenvalue weighted by molar-refractivity contribution is 5.99. The second-order valence-electron chi connectivity index (χ2n) is 4.04. The van der Waals surface area contributed by atoms with Gasteiger partial charge >= 0.3 is 5.97 Å². The Morgan fingerprint density at radius 2 is 2.47 bits per heavy atom. The highest BCUT2D eigenvalue weighted by Gasteiger charge is 2.22. The van der Waals surface area contributed by atoms with Crippen LogP contribution >= 0.6 is 0 Å². The zero-order chi connectivity index (χ0) is 12.3. The predicted octanol–water partition coefficient (Wildman–Crippen LogP) is -0.0576. The lowest BCUT2D eigenvalue weighted by molar-refractivity contribution is 0.0603. The van der Waals surface area contributed by atoms with Crippen LogP contribution in [0.15, 0.2) is 0 Å². The van der Waals surface area contributed by atoms with Gasteiger partial charge < -0.3 is 21.1 Å². The molecule has 1 aliphatic rings. The third-order valence-corrected chi connectivity index (χ3v) is 2.82. The first-order chi connectivity index (χ1) is 8.22. The molecule has 7 heteroatoms. The summed E-state index contributed by atoms with van der Waals surface area (Å²) in [5.41, 5.74) is 5.92. The largest absolute Gasteiger partial charge is 0.465 e. The van der Waals surface area contributed by atoms with E-state index in [-0.39, 0.29) is 17.4 Å². The summed E-state index contributed by atoms with van der Waals surface area (Å²) in [6.07, 6.45) is 2.14. The predicted molar refractivity (Wildman–Crippen MR) is 63.9 cm³/mol. The number of nitrogen functional groups attached to an aromatic ring is 1. The number of anilines is 2. The van der Waals surface area contributed by atoms with Crippen LogP contribution in [0.5, 0.6) is 0 Å². The number of nitrogens with zero attached hydrogens (tertiary/aromatic N) is 1. The Balaban J connectivity index is 2.12. The lowest BCUT2D eigenvalue weighted by atomic mass is 10.1. The van der Waals surface area contributed by atoms with Crippen LogP contribution < -0.4 is 16.4 Å². The van der Waals surface area contributed by atoms with Gasteiger partial charge in [-0.2, -0.15) is 5.10 Å². The molecule has 1 aliphatic heterocycles. The molecule has 7 nitrogen and oxygen atoms in total. The number of hydrogen-bond acceptors (Lipinski definition) is 6. The summed E-state index contributed by atoms with van der Waals surface area (Å²) < 4.78 is 4.67. The Morgan fingerprint density at radius 1 is 1.65 bits per heavy atom. The van der Waals surface area contributed by atoms with E-state index < -0.39 is 5.97 Å². The molecule has 1 unspecified atom stereocenters. The van der Waals surface area contributed by atoms with Gasteiger partial charge in [0.1, 0.15) is 11.4 Å². The number of carbonyl (C=O) groups excluding carboxylic acids is 1. The number of methoxy groups -OCH3 is 1. The number of aromatic amines is 1. The zero-order valence-electron chi connectivity index (χ0n) is 9.75. The highest BCUT2D eigenvalue weighted by atomic mass is 16.5. The van der Waals surface area contributed by atoms with Crippen LogP contribution in [0.2, 0.25) is 0 Å². The van der Waals surface area contributed by atoms with Crippen LogP contribution in [0.4, 0.5) is 11.6 Å². The number of aromatic nitrogens is 2. The minimum absolute atomic E-state index is 0.225. The molecule has 17 heavy (non-hydrogen) atoms. The maximum atomic E-state index is 11.5. The summed E-state index contributed by atoms with van der Waals surface area (Å²) in [5, 5.41) is 13.1. The summed E-state index contributed by atoms with van der Waals surface area (Å²) in [7, 11) is 1.32. The quantitative estimate of drug-likeness (QED) is 0.551. The molecule has 2 rings (SSSR count). The summed E-state index contributed by atoms with van der Waals surface area (Å²) in [4.78, 5) is 11.5. The number of ether oxygens (including phenoxy) is 1. The molecule has 1 fully saturated rings. The Hall–Kier alpha value is -1.76. The van der Waals surface area contributed by atoms with E-state index in [1.54, 1.807) is 0 Å². The van der Waals surface area contributed by atoms with Crippen LogP contribution in [0.3, 0.4) is 0 Å². The molecule has 0 radical (unpaired) electrons. The average Bonchev–Trinajstić information content (AvgIpc) is 2.71. The lowest BCUT2D eigenvalue weighted by Crippen LogP contribution is -2.38. The van der Waals surface area contributed by atoms with Crippen molar-refractivity contribution in [1.29, 1.82) is 0 Å². The maximum absolute atomic E-state index is 11.5. The van der Waals surface area contributed by atoms with Crippen molar-refractivity contribution in [3.05, 3.63) is 5.56 Å². The number of nitrogens with two attached hydrogens (primary N) is 1. The zero-order valence-corrected chi connectivity index (χ0v) is 9.75. The van der Waals surface area contributed by atoms with Gasteiger partial charge in [-0.15, -0.1) is 0 Å². The molecule has 0 bridgehead atoms. The molecule has 0 amide bonds. The third kappa shape index (κ3) is 2.50. The Kier molecular flexibility index (Phi) is 3.48. The summed E-state index contributed by atoms with van der Waals surface area (Å²) in [6.45, 7) is 1.89. The van der Waals surface area contributed by atoms with Gasteiger partial charge in [0, 0.05) is 12.6 Å². The Morgan fingerprint density at radius 3 is 3.12 bits per heavy atom. The first-order valence-electron chi connectivity index (χ1n) is 5.61. The van der Waals surface area contributed by atoms with E-state index in [0.29, 0.717) is 5.82 Å². The van der Waals surface area contributed by atoms with E-state index in [4.69, 9.17) is 5.73 Å². The lowest BCUT2D eigenvalue weighted by Gasteiger charge is -2.23. The number of nitrogens with one attached hydrogen (secondary N) is 3. The van der Waals surface area contributed by atoms with Crippen molar-refractivity contribution in [3.63, 3.8) is 0 Å². The smallest absolute Gasteiger partial charge is 0.345 e. The van der Waals surface area contributed by atoms with Crippen molar-refractivity contribution in [2.75, 3.05) is 31.2 Å². The molecule has 0 aliphatic carbocycles. The average molecular weight is 239 g/mol. The van der Waals surface area contributed by atoms with Gasteiger partial charge in [0.2, 0.25) is 0 Å². The summed E-state index contributed by atoms with van der Waals surface area (Å²) in [5.74, 6) is 0.202. The normalized spacial score (nSPS) is 19.9. The van der Waals surface area contributed by atoms with Crippen LogP contribution in [0.25, 0.3) is 0 Å². The van der Waals surface area contributed by atoms with Crippen molar-refractivity contribution in [2.24, 2.45) is 0 Å². The number of carbonyl (C=O) groups is 1. The van der Waals surface area contributed by atoms with Crippen molar-refractivity contribution < 1.29 is 9.53 Å². The van der Waals surface area contributed by atoms with Crippen molar-refractivity contribution in [2.45, 2.75) is 18.9 Å². The van der Waals surface area contributed by atoms with Gasteiger partial charge in [-0.3, -0.25) is 5.10 Å². The maximum Gasteiger partial charge on any atom is 0.345 e. The SMILES string of the molecule is COC(=O)c1c(NC2CCCNC2)n[nH]c1N. The molecule has 94 valence electrons. The Bertz CT molecular complexity index is 397. The molecule has 0 saturated carbocycles. The number of rotatable bonds is 3. The topological polar surface area (TPSA) is 105 Å². The van der Waals surface area contributed by atoms with E-state index in [1.807, 2.05) is 0 Å². The van der Waals surface area contributed by atoms with Gasteiger partial charge in [-0.05, 0) is 19.4 Å². The van der Waals surface area contributed by atoms with E-state index in [9.17, 15) is 4.79 Å². The standard InChI is InChI=1S/C10H17N5O2/c1-17-10(16)7-8(11)14-15-9(7)13-6-3-2-4-12-5-6/h6,12H,2-5H2,1H3,(H4,11,13,14,15). The molecule has 5 N–H and O–H groups in total. The van der Waals surface area contributed by atoms with Crippen LogP contribution in [-0.4, -0.2) is 42.4 Å². The van der Waals surface area contributed by atoms with Crippen molar-refractivity contribution in [3.8, 4) is 0 Å². The fourth-order valence-corrected chi connectivity index (χ4v) is 1.94. The molecule has 0 aromatic carbocycles. The molecule has 0 spiro atoms. The Labute approximate surface area is 99.1 Å². The van der Waals surface area contributed by atoms with Gasteiger partial charge in [0.25, 0.3) is 0 Å². The molecule has 1 atom stereocenters. The van der Waals surface area contributed by atoms with E-state index in [2.05, 4.69) is 25.6 Å². The molecule has 1 aromatic rings. The summed E-state index contributed by atoms with van der Waals surface area (Å²) in [6, 6.07) is 0.259. The van der Waals surface area contributed by atoms with Gasteiger partial charge in [-0.25, -0.2) is 4.79 Å². The minimum Gasteiger partial charge on any atom is -0.465 e. The minimum atomic E-state index is -0.484. The van der Waals surface area contributed by atoms with E-state index in [0.717, 1.165) is 25.9 Å². The highest BCUT2D eigenvalue weighted by Crippen LogP contribution is 2.21. The van der Waals surface area contributed by atoms with E-state index in [1.165, 1.54) is 7.11 Å². The molecular weight excluding hydrogens is 222 g/mol. The number of hydrogen-bond donors (Lipinski definition) is 4. The first kappa shape index (κ1) is 11.7. The van der Waals surface area contributed by atoms with Gasteiger partial charge in [0.15, 0.2) is 5.82 Å². The van der Waals surface area contributed by atoms with E-state index >= 15 is 0 Å². The monoisotopic (exact) mass is 239 g/mol. The van der Waals surface area contributed by atoms with Crippen LogP contribution in [0, 0.1) is 0 Å². The number of esters is 1. The molecular formula is C10H17N5O2. The fraction of sp³-hybridized carbons (Fsp3) is 0.600. The fourth-order valence-electron chi connectivity index (χ4n) is 1.94. The number of H-pyrrole nitrogens is 1. The second-order valence-corrected chi connectivity index (χ2v) is 4.04. The van der Waals surface area contributed by atoms with Crippen molar-refractivity contribution >= 4 is 17.6 Å². The first-order valence-corrected chi connectivity index (χ1v) is 5.61. The van der Waals surface area contributed by atoms with Crippen LogP contribution in [-0.2, 0) is 4.74 Å². The molecule has 1 aromatic heterocycles. The summed E-state index contributed by atoms with van der Waals surface area (Å²) >= 11 is 0. The molecule has 1 saturated heterocycles. The van der Waals surface area contributed by atoms with Gasteiger partial charge in [0.05, 0.1) is 7.11 Å².